The van der Waals surface area contributed by atoms with Crippen molar-refractivity contribution >= 4 is 0 Å². The van der Waals surface area contributed by atoms with E-state index in [9.17, 15) is 5.11 Å². The van der Waals surface area contributed by atoms with Crippen LogP contribution in [-0.4, -0.2) is 19.9 Å². The van der Waals surface area contributed by atoms with Crippen LogP contribution in [0.1, 0.15) is 76.0 Å². The minimum atomic E-state index is 0.0139. The normalized spacial score (nSPS) is 15.2. The first-order valence-electron chi connectivity index (χ1n) is 7.40. The van der Waals surface area contributed by atoms with Gasteiger partial charge in [-0.2, -0.15) is 0 Å². The van der Waals surface area contributed by atoms with Gasteiger partial charge in [-0.1, -0.05) is 39.0 Å². The molecule has 102 valence electrons. The zero-order valence-corrected chi connectivity index (χ0v) is 11.4. The molecule has 1 heterocycles. The zero-order chi connectivity index (χ0) is 12.8. The maximum absolute atomic E-state index is 9.25. The third kappa shape index (κ3) is 3.55. The Morgan fingerprint density at radius 2 is 1.72 bits per heavy atom. The summed E-state index contributed by atoms with van der Waals surface area (Å²) in [7, 11) is 0. The van der Waals surface area contributed by atoms with Crippen molar-refractivity contribution in [3.8, 4) is 0 Å². The first-order valence-corrected chi connectivity index (χ1v) is 7.40. The minimum absolute atomic E-state index is 0.0139. The number of hydrogen-bond acceptors (Lipinski definition) is 3. The van der Waals surface area contributed by atoms with Crippen molar-refractivity contribution in [2.24, 2.45) is 0 Å². The van der Waals surface area contributed by atoms with Crippen molar-refractivity contribution in [1.29, 1.82) is 0 Å². The van der Waals surface area contributed by atoms with Crippen molar-refractivity contribution in [3.63, 3.8) is 0 Å². The second-order valence-corrected chi connectivity index (χ2v) is 5.31. The number of nitrogens with zero attached hydrogens (tertiary/aromatic N) is 3. The Kier molecular flexibility index (Phi) is 5.17. The van der Waals surface area contributed by atoms with Crippen LogP contribution in [0.15, 0.2) is 0 Å². The molecular formula is C14H25N3O. The molecule has 4 nitrogen and oxygen atoms in total. The average Bonchev–Trinajstić information content (AvgIpc) is 3.14. The molecule has 1 fully saturated rings. The van der Waals surface area contributed by atoms with Gasteiger partial charge in [0.1, 0.15) is 12.4 Å². The molecule has 0 bridgehead atoms. The van der Waals surface area contributed by atoms with E-state index >= 15 is 0 Å². The Bertz CT molecular complexity index is 358. The van der Waals surface area contributed by atoms with Gasteiger partial charge in [0.15, 0.2) is 5.82 Å². The van der Waals surface area contributed by atoms with Crippen molar-refractivity contribution in [2.45, 2.75) is 77.4 Å². The van der Waals surface area contributed by atoms with Gasteiger partial charge in [0.2, 0.25) is 0 Å². The molecule has 1 N–H and O–H groups in total. The molecular weight excluding hydrogens is 226 g/mol. The third-order valence-corrected chi connectivity index (χ3v) is 3.64. The van der Waals surface area contributed by atoms with Crippen LogP contribution >= 0.6 is 0 Å². The van der Waals surface area contributed by atoms with Crippen LogP contribution in [0, 0.1) is 0 Å². The average molecular weight is 251 g/mol. The van der Waals surface area contributed by atoms with E-state index in [1.807, 2.05) is 0 Å². The molecule has 0 aliphatic heterocycles. The Balaban J connectivity index is 1.76. The quantitative estimate of drug-likeness (QED) is 0.686. The Labute approximate surface area is 109 Å². The predicted octanol–water partition coefficient (Wildman–Crippen LogP) is 3.01. The third-order valence-electron chi connectivity index (χ3n) is 3.64. The molecule has 2 rings (SSSR count). The number of rotatable bonds is 9. The summed E-state index contributed by atoms with van der Waals surface area (Å²) in [6.45, 7) is 2.26. The van der Waals surface area contributed by atoms with E-state index in [1.54, 1.807) is 0 Å². The zero-order valence-electron chi connectivity index (χ0n) is 11.4. The van der Waals surface area contributed by atoms with E-state index in [0.29, 0.717) is 6.04 Å². The van der Waals surface area contributed by atoms with E-state index in [4.69, 9.17) is 0 Å². The maximum atomic E-state index is 9.25. The van der Waals surface area contributed by atoms with Crippen LogP contribution < -0.4 is 0 Å². The lowest BCUT2D eigenvalue weighted by atomic mass is 10.1. The number of unbranched alkanes of at least 4 members (excludes halogenated alkanes) is 5. The standard InChI is InChI=1S/C14H25N3O/c1-2-3-4-5-6-7-8-13-15-16-14(11-18)17(13)12-9-10-12/h12,18H,2-11H2,1H3. The van der Waals surface area contributed by atoms with Gasteiger partial charge in [0.25, 0.3) is 0 Å². The van der Waals surface area contributed by atoms with Gasteiger partial charge < -0.3 is 9.67 Å². The van der Waals surface area contributed by atoms with E-state index in [1.165, 1.54) is 51.4 Å². The number of aliphatic hydroxyl groups excluding tert-OH is 1. The second kappa shape index (κ2) is 6.88. The van der Waals surface area contributed by atoms with Gasteiger partial charge in [0, 0.05) is 12.5 Å². The number of hydrogen-bond donors (Lipinski definition) is 1. The molecule has 0 unspecified atom stereocenters. The fraction of sp³-hybridized carbons (Fsp3) is 0.857. The molecule has 1 aliphatic rings. The summed E-state index contributed by atoms with van der Waals surface area (Å²) in [5, 5.41) is 17.6. The largest absolute Gasteiger partial charge is 0.388 e. The Morgan fingerprint density at radius 3 is 2.39 bits per heavy atom. The fourth-order valence-corrected chi connectivity index (χ4v) is 2.46. The van der Waals surface area contributed by atoms with Gasteiger partial charge in [-0.15, -0.1) is 10.2 Å². The summed E-state index contributed by atoms with van der Waals surface area (Å²) in [6.07, 6.45) is 11.3. The number of aryl methyl sites for hydroxylation is 1. The monoisotopic (exact) mass is 251 g/mol. The maximum Gasteiger partial charge on any atom is 0.159 e. The van der Waals surface area contributed by atoms with Crippen LogP contribution in [0.4, 0.5) is 0 Å². The van der Waals surface area contributed by atoms with E-state index in [0.717, 1.165) is 18.1 Å². The van der Waals surface area contributed by atoms with E-state index in [-0.39, 0.29) is 6.61 Å². The number of aliphatic hydroxyl groups is 1. The van der Waals surface area contributed by atoms with E-state index in [2.05, 4.69) is 21.7 Å². The summed E-state index contributed by atoms with van der Waals surface area (Å²) in [6, 6.07) is 0.567. The molecule has 0 atom stereocenters. The summed E-state index contributed by atoms with van der Waals surface area (Å²) in [4.78, 5) is 0. The highest BCUT2D eigenvalue weighted by molar-refractivity contribution is 5.02. The highest BCUT2D eigenvalue weighted by Crippen LogP contribution is 2.36. The molecule has 0 amide bonds. The van der Waals surface area contributed by atoms with E-state index < -0.39 is 0 Å². The summed E-state index contributed by atoms with van der Waals surface area (Å²) in [5.41, 5.74) is 0. The van der Waals surface area contributed by atoms with Crippen LogP contribution in [0.25, 0.3) is 0 Å². The Hall–Kier alpha value is -0.900. The lowest BCUT2D eigenvalue weighted by molar-refractivity contribution is 0.264. The topological polar surface area (TPSA) is 50.9 Å². The number of aromatic nitrogens is 3. The Morgan fingerprint density at radius 1 is 1.06 bits per heavy atom. The first kappa shape index (κ1) is 13.5. The van der Waals surface area contributed by atoms with Crippen molar-refractivity contribution < 1.29 is 5.11 Å². The van der Waals surface area contributed by atoms with Crippen LogP contribution in [0.2, 0.25) is 0 Å². The minimum Gasteiger partial charge on any atom is -0.388 e. The van der Waals surface area contributed by atoms with Gasteiger partial charge in [-0.25, -0.2) is 0 Å². The lowest BCUT2D eigenvalue weighted by Gasteiger charge is -2.07. The fourth-order valence-electron chi connectivity index (χ4n) is 2.46. The SMILES string of the molecule is CCCCCCCCc1nnc(CO)n1C1CC1. The summed E-state index contributed by atoms with van der Waals surface area (Å²) >= 11 is 0. The van der Waals surface area contributed by atoms with Crippen molar-refractivity contribution in [2.75, 3.05) is 0 Å². The molecule has 0 radical (unpaired) electrons. The van der Waals surface area contributed by atoms with Gasteiger partial charge in [-0.05, 0) is 19.3 Å². The molecule has 0 saturated heterocycles. The molecule has 1 aromatic rings. The smallest absolute Gasteiger partial charge is 0.159 e. The molecule has 0 spiro atoms. The van der Waals surface area contributed by atoms with Gasteiger partial charge in [0.05, 0.1) is 0 Å². The molecule has 1 aromatic heterocycles. The molecule has 4 heteroatoms. The van der Waals surface area contributed by atoms with Crippen molar-refractivity contribution in [1.82, 2.24) is 14.8 Å². The lowest BCUT2D eigenvalue weighted by Crippen LogP contribution is -2.06. The van der Waals surface area contributed by atoms with Gasteiger partial charge in [-0.3, -0.25) is 0 Å². The summed E-state index contributed by atoms with van der Waals surface area (Å²) in [5.74, 6) is 1.83. The summed E-state index contributed by atoms with van der Waals surface area (Å²) < 4.78 is 2.17. The second-order valence-electron chi connectivity index (χ2n) is 5.31. The van der Waals surface area contributed by atoms with Crippen LogP contribution in [-0.2, 0) is 13.0 Å². The highest BCUT2D eigenvalue weighted by atomic mass is 16.3. The van der Waals surface area contributed by atoms with Gasteiger partial charge >= 0.3 is 0 Å². The molecule has 18 heavy (non-hydrogen) atoms. The predicted molar refractivity (Wildman–Crippen MR) is 71.3 cm³/mol. The highest BCUT2D eigenvalue weighted by Gasteiger charge is 2.28. The molecule has 1 aliphatic carbocycles. The van der Waals surface area contributed by atoms with Crippen LogP contribution in [0.5, 0.6) is 0 Å². The first-order chi connectivity index (χ1) is 8.86. The molecule has 0 aromatic carbocycles. The molecule has 1 saturated carbocycles. The van der Waals surface area contributed by atoms with Crippen LogP contribution in [0.3, 0.4) is 0 Å². The van der Waals surface area contributed by atoms with Crippen molar-refractivity contribution in [3.05, 3.63) is 11.6 Å².